The molecule has 1 unspecified atom stereocenters. The first-order chi connectivity index (χ1) is 13.7. The number of nitrogens with zero attached hydrogens (tertiary/aromatic N) is 1. The van der Waals surface area contributed by atoms with Crippen LogP contribution in [0, 0.1) is 0 Å². The van der Waals surface area contributed by atoms with Crippen LogP contribution in [0.15, 0.2) is 24.3 Å². The van der Waals surface area contributed by atoms with E-state index in [1.165, 1.54) is 19.3 Å². The quantitative estimate of drug-likeness (QED) is 0.656. The highest BCUT2D eigenvalue weighted by Crippen LogP contribution is 2.32. The molecule has 1 atom stereocenters. The molecule has 1 N–H and O–H groups in total. The molecule has 1 aromatic rings. The number of hydrogen-bond donors (Lipinski definition) is 1. The SMILES string of the molecule is COCCN(C(=O)CCCOC1CC(=O)Nc2ccccc21)C1CCCCC1. The molecule has 6 nitrogen and oxygen atoms in total. The van der Waals surface area contributed by atoms with E-state index in [1.54, 1.807) is 7.11 Å². The molecular weight excluding hydrogens is 356 g/mol. The summed E-state index contributed by atoms with van der Waals surface area (Å²) in [6.07, 6.45) is 7.10. The second kappa shape index (κ2) is 10.6. The number of carbonyl (C=O) groups excluding carboxylic acids is 2. The van der Waals surface area contributed by atoms with Gasteiger partial charge in [-0.3, -0.25) is 9.59 Å². The van der Waals surface area contributed by atoms with Crippen LogP contribution in [0.2, 0.25) is 0 Å². The van der Waals surface area contributed by atoms with Crippen molar-refractivity contribution in [1.29, 1.82) is 0 Å². The predicted octanol–water partition coefficient (Wildman–Crippen LogP) is 3.67. The van der Waals surface area contributed by atoms with E-state index in [9.17, 15) is 9.59 Å². The Morgan fingerprint density at radius 1 is 1.18 bits per heavy atom. The molecule has 0 spiro atoms. The molecule has 3 rings (SSSR count). The molecular formula is C22H32N2O4. The fourth-order valence-corrected chi connectivity index (χ4v) is 4.21. The molecule has 154 valence electrons. The second-order valence-corrected chi connectivity index (χ2v) is 7.67. The number of ether oxygens (including phenoxy) is 2. The Bertz CT molecular complexity index is 658. The fraction of sp³-hybridized carbons (Fsp3) is 0.636. The number of carbonyl (C=O) groups is 2. The zero-order chi connectivity index (χ0) is 19.8. The molecule has 1 heterocycles. The smallest absolute Gasteiger partial charge is 0.227 e. The Morgan fingerprint density at radius 2 is 1.96 bits per heavy atom. The van der Waals surface area contributed by atoms with Crippen molar-refractivity contribution >= 4 is 17.5 Å². The maximum Gasteiger partial charge on any atom is 0.227 e. The summed E-state index contributed by atoms with van der Waals surface area (Å²) < 4.78 is 11.2. The van der Waals surface area contributed by atoms with Gasteiger partial charge in [-0.25, -0.2) is 0 Å². The zero-order valence-electron chi connectivity index (χ0n) is 16.8. The number of benzene rings is 1. The second-order valence-electron chi connectivity index (χ2n) is 7.67. The molecule has 1 fully saturated rings. The van der Waals surface area contributed by atoms with Gasteiger partial charge >= 0.3 is 0 Å². The summed E-state index contributed by atoms with van der Waals surface area (Å²) >= 11 is 0. The van der Waals surface area contributed by atoms with E-state index in [1.807, 2.05) is 29.2 Å². The third kappa shape index (κ3) is 5.55. The Labute approximate surface area is 167 Å². The summed E-state index contributed by atoms with van der Waals surface area (Å²) in [5.41, 5.74) is 1.83. The van der Waals surface area contributed by atoms with Crippen LogP contribution >= 0.6 is 0 Å². The number of fused-ring (bicyclic) bond motifs is 1. The minimum Gasteiger partial charge on any atom is -0.383 e. The van der Waals surface area contributed by atoms with Gasteiger partial charge in [0, 0.05) is 44.0 Å². The third-order valence-electron chi connectivity index (χ3n) is 5.68. The van der Waals surface area contributed by atoms with Crippen molar-refractivity contribution in [3.63, 3.8) is 0 Å². The molecule has 0 bridgehead atoms. The van der Waals surface area contributed by atoms with E-state index in [4.69, 9.17) is 9.47 Å². The Balaban J connectivity index is 1.48. The maximum absolute atomic E-state index is 12.8. The number of hydrogen-bond acceptors (Lipinski definition) is 4. The molecule has 1 aliphatic heterocycles. The topological polar surface area (TPSA) is 67.9 Å². The number of amides is 2. The Morgan fingerprint density at radius 3 is 2.75 bits per heavy atom. The summed E-state index contributed by atoms with van der Waals surface area (Å²) in [6.45, 7) is 1.71. The van der Waals surface area contributed by atoms with Crippen molar-refractivity contribution in [2.75, 3.05) is 32.2 Å². The van der Waals surface area contributed by atoms with Gasteiger partial charge in [0.25, 0.3) is 0 Å². The van der Waals surface area contributed by atoms with Crippen LogP contribution in [0.3, 0.4) is 0 Å². The number of methoxy groups -OCH3 is 1. The van der Waals surface area contributed by atoms with E-state index in [0.717, 1.165) is 24.1 Å². The summed E-state index contributed by atoms with van der Waals surface area (Å²) in [5.74, 6) is 0.164. The van der Waals surface area contributed by atoms with E-state index in [0.29, 0.717) is 45.1 Å². The fourth-order valence-electron chi connectivity index (χ4n) is 4.21. The van der Waals surface area contributed by atoms with Crippen molar-refractivity contribution in [3.05, 3.63) is 29.8 Å². The predicted molar refractivity (Wildman–Crippen MR) is 108 cm³/mol. The summed E-state index contributed by atoms with van der Waals surface area (Å²) in [4.78, 5) is 26.7. The van der Waals surface area contributed by atoms with Crippen LogP contribution < -0.4 is 5.32 Å². The van der Waals surface area contributed by atoms with Gasteiger partial charge in [0.05, 0.1) is 19.1 Å². The Hall–Kier alpha value is -1.92. The highest BCUT2D eigenvalue weighted by atomic mass is 16.5. The minimum atomic E-state index is -0.233. The summed E-state index contributed by atoms with van der Waals surface area (Å²) in [5, 5.41) is 2.88. The van der Waals surface area contributed by atoms with Gasteiger partial charge < -0.3 is 19.7 Å². The number of rotatable bonds is 9. The molecule has 1 aromatic carbocycles. The Kier molecular flexibility index (Phi) is 7.86. The van der Waals surface area contributed by atoms with Gasteiger partial charge in [-0.15, -0.1) is 0 Å². The largest absolute Gasteiger partial charge is 0.383 e. The monoisotopic (exact) mass is 388 g/mol. The minimum absolute atomic E-state index is 0.0252. The van der Waals surface area contributed by atoms with Gasteiger partial charge in [0.2, 0.25) is 11.8 Å². The van der Waals surface area contributed by atoms with Gasteiger partial charge in [-0.05, 0) is 25.3 Å². The molecule has 0 saturated heterocycles. The van der Waals surface area contributed by atoms with E-state index in [-0.39, 0.29) is 17.9 Å². The number of anilines is 1. The molecule has 0 radical (unpaired) electrons. The van der Waals surface area contributed by atoms with Crippen LogP contribution in [0.1, 0.15) is 63.0 Å². The lowest BCUT2D eigenvalue weighted by Gasteiger charge is -2.34. The van der Waals surface area contributed by atoms with Crippen LogP contribution in [0.4, 0.5) is 5.69 Å². The number of nitrogens with one attached hydrogen (secondary N) is 1. The molecule has 1 saturated carbocycles. The maximum atomic E-state index is 12.8. The lowest BCUT2D eigenvalue weighted by atomic mass is 9.94. The average molecular weight is 389 g/mol. The average Bonchev–Trinajstić information content (AvgIpc) is 2.72. The first-order valence-electron chi connectivity index (χ1n) is 10.5. The van der Waals surface area contributed by atoms with Crippen LogP contribution in [-0.2, 0) is 19.1 Å². The van der Waals surface area contributed by atoms with Crippen LogP contribution in [-0.4, -0.2) is 49.6 Å². The van der Waals surface area contributed by atoms with Crippen LogP contribution in [0.25, 0.3) is 0 Å². The number of para-hydroxylation sites is 1. The molecule has 0 aromatic heterocycles. The van der Waals surface area contributed by atoms with E-state index in [2.05, 4.69) is 5.32 Å². The van der Waals surface area contributed by atoms with Crippen LogP contribution in [0.5, 0.6) is 0 Å². The van der Waals surface area contributed by atoms with Gasteiger partial charge in [0.1, 0.15) is 0 Å². The molecule has 2 aliphatic rings. The van der Waals surface area contributed by atoms with Gasteiger partial charge in [-0.2, -0.15) is 0 Å². The molecule has 2 amide bonds. The summed E-state index contributed by atoms with van der Waals surface area (Å²) in [6, 6.07) is 8.09. The van der Waals surface area contributed by atoms with Crippen molar-refractivity contribution in [3.8, 4) is 0 Å². The lowest BCUT2D eigenvalue weighted by Crippen LogP contribution is -2.43. The normalized spacial score (nSPS) is 19.8. The third-order valence-corrected chi connectivity index (χ3v) is 5.68. The molecule has 1 aliphatic carbocycles. The van der Waals surface area contributed by atoms with Crippen molar-refractivity contribution in [1.82, 2.24) is 4.90 Å². The van der Waals surface area contributed by atoms with E-state index >= 15 is 0 Å². The summed E-state index contributed by atoms with van der Waals surface area (Å²) in [7, 11) is 1.68. The van der Waals surface area contributed by atoms with Crippen molar-refractivity contribution in [2.45, 2.75) is 63.5 Å². The van der Waals surface area contributed by atoms with Gasteiger partial charge in [0.15, 0.2) is 0 Å². The molecule has 28 heavy (non-hydrogen) atoms. The first kappa shape index (κ1) is 20.8. The highest BCUT2D eigenvalue weighted by molar-refractivity contribution is 5.94. The highest BCUT2D eigenvalue weighted by Gasteiger charge is 2.26. The standard InChI is InChI=1S/C22H32N2O4/c1-27-15-13-24(17-8-3-2-4-9-17)22(26)12-7-14-28-20-16-21(25)23-19-11-6-5-10-18(19)20/h5-6,10-11,17,20H,2-4,7-9,12-16H2,1H3,(H,23,25). The first-order valence-corrected chi connectivity index (χ1v) is 10.5. The van der Waals surface area contributed by atoms with E-state index < -0.39 is 0 Å². The van der Waals surface area contributed by atoms with Crippen molar-refractivity contribution in [2.24, 2.45) is 0 Å². The zero-order valence-corrected chi connectivity index (χ0v) is 16.8. The van der Waals surface area contributed by atoms with Crippen molar-refractivity contribution < 1.29 is 19.1 Å². The lowest BCUT2D eigenvalue weighted by molar-refractivity contribution is -0.135. The molecule has 6 heteroatoms. The van der Waals surface area contributed by atoms with Gasteiger partial charge in [-0.1, -0.05) is 37.5 Å².